The third-order valence-electron chi connectivity index (χ3n) is 12.8. The van der Waals surface area contributed by atoms with Gasteiger partial charge in [-0.2, -0.15) is 0 Å². The smallest absolute Gasteiger partial charge is 0.308 e. The molecule has 0 amide bonds. The number of likely N-dealkylation sites (N-methyl/N-ethyl adjacent to an activating group) is 1. The van der Waals surface area contributed by atoms with Crippen LogP contribution in [0.15, 0.2) is 5.16 Å². The Balaban J connectivity index is 2.03. The Hall–Kier alpha value is -1.62. The van der Waals surface area contributed by atoms with E-state index in [1.54, 1.807) is 39.8 Å². The lowest BCUT2D eigenvalue weighted by atomic mass is 9.78. The minimum absolute atomic E-state index is 0.125. The van der Waals surface area contributed by atoms with Crippen molar-refractivity contribution >= 4 is 11.7 Å². The monoisotopic (exact) mass is 853 g/mol. The van der Waals surface area contributed by atoms with E-state index < -0.39 is 128 Å². The summed E-state index contributed by atoms with van der Waals surface area (Å²) in [5.74, 6) is -3.50. The van der Waals surface area contributed by atoms with Crippen LogP contribution in [-0.2, 0) is 47.4 Å². The summed E-state index contributed by atoms with van der Waals surface area (Å²) in [6, 6.07) is -0.733. The minimum atomic E-state index is -1.32. The van der Waals surface area contributed by atoms with Crippen molar-refractivity contribution in [3.05, 3.63) is 0 Å². The average molecular weight is 853 g/mol. The van der Waals surface area contributed by atoms with Gasteiger partial charge in [0.25, 0.3) is 0 Å². The normalized spacial score (nSPS) is 43.3. The number of ether oxygens (including phenoxy) is 9. The number of hydrogen-bond donors (Lipinski definition) is 6. The third-order valence-corrected chi connectivity index (χ3v) is 12.8. The van der Waals surface area contributed by atoms with Crippen molar-refractivity contribution in [1.82, 2.24) is 4.90 Å². The minimum Gasteiger partial charge on any atom is -0.462 e. The van der Waals surface area contributed by atoms with E-state index in [1.165, 1.54) is 28.4 Å². The van der Waals surface area contributed by atoms with Crippen molar-refractivity contribution in [3.8, 4) is 0 Å². The van der Waals surface area contributed by atoms with Crippen LogP contribution < -0.4 is 0 Å². The van der Waals surface area contributed by atoms with Gasteiger partial charge in [-0.1, -0.05) is 32.9 Å². The number of carbonyl (C=O) groups excluding carboxylic acids is 1. The maximum absolute atomic E-state index is 13.8. The molecule has 59 heavy (non-hydrogen) atoms. The number of hydrogen-bond acceptors (Lipinski definition) is 18. The number of methoxy groups -OCH3 is 4. The van der Waals surface area contributed by atoms with E-state index in [-0.39, 0.29) is 18.9 Å². The molecule has 3 aliphatic heterocycles. The van der Waals surface area contributed by atoms with Crippen LogP contribution in [0.4, 0.5) is 0 Å². The summed E-state index contributed by atoms with van der Waals surface area (Å²) in [6.07, 6.45) is -12.1. The van der Waals surface area contributed by atoms with E-state index in [4.69, 9.17) is 42.6 Å². The molecule has 18 nitrogen and oxygen atoms in total. The van der Waals surface area contributed by atoms with Crippen LogP contribution in [0, 0.1) is 29.6 Å². The van der Waals surface area contributed by atoms with E-state index >= 15 is 0 Å². The summed E-state index contributed by atoms with van der Waals surface area (Å²) in [4.78, 5) is 15.5. The highest BCUT2D eigenvalue weighted by Crippen LogP contribution is 2.37. The number of rotatable bonds is 13. The molecule has 3 fully saturated rings. The van der Waals surface area contributed by atoms with Crippen molar-refractivity contribution in [2.24, 2.45) is 34.7 Å². The number of nitrogens with zero attached hydrogens (tertiary/aromatic N) is 2. The first kappa shape index (κ1) is 51.7. The summed E-state index contributed by atoms with van der Waals surface area (Å²) < 4.78 is 53.4. The van der Waals surface area contributed by atoms with Gasteiger partial charge in [-0.15, -0.1) is 0 Å². The highest BCUT2D eigenvalue weighted by atomic mass is 16.7. The van der Waals surface area contributed by atoms with Crippen molar-refractivity contribution in [2.45, 2.75) is 172 Å². The Morgan fingerprint density at radius 3 is 2.00 bits per heavy atom. The SMILES string of the molecule is CCC1OC(=O)C[C@@H](O)[C@H](C)C(O[C@@H]2O[C@H](C)[C@@H](O)[C@H](N(C)C)[C@H]2O)[C@@H](CC(OC)OC)C[C@@H](C)/C(=N\O)CCC(C)C(O)[C@@H]1CO[C@@H]1O[C@H](C)[C@@H](O)[C@@H](OC)[C@H]1OC. The van der Waals surface area contributed by atoms with E-state index in [1.807, 2.05) is 20.8 Å². The lowest BCUT2D eigenvalue weighted by Gasteiger charge is -2.47. The molecule has 0 bridgehead atoms. The third kappa shape index (κ3) is 13.2. The summed E-state index contributed by atoms with van der Waals surface area (Å²) in [5, 5.41) is 71.0. The maximum atomic E-state index is 13.8. The van der Waals surface area contributed by atoms with Crippen LogP contribution >= 0.6 is 0 Å². The van der Waals surface area contributed by atoms with Gasteiger partial charge in [0.05, 0.1) is 61.4 Å². The molecular formula is C41H76N2O16. The van der Waals surface area contributed by atoms with E-state index in [0.29, 0.717) is 31.4 Å². The first-order valence-corrected chi connectivity index (χ1v) is 21.0. The van der Waals surface area contributed by atoms with Crippen LogP contribution in [0.1, 0.15) is 80.1 Å². The number of esters is 1. The Labute approximate surface area is 350 Å². The number of carbonyl (C=O) groups is 1. The number of oxime groups is 1. The van der Waals surface area contributed by atoms with E-state index in [0.717, 1.165) is 0 Å². The van der Waals surface area contributed by atoms with Gasteiger partial charge in [0.1, 0.15) is 30.5 Å². The Morgan fingerprint density at radius 1 is 0.831 bits per heavy atom. The largest absolute Gasteiger partial charge is 0.462 e. The van der Waals surface area contributed by atoms with Crippen LogP contribution in [0.3, 0.4) is 0 Å². The van der Waals surface area contributed by atoms with Gasteiger partial charge < -0.3 is 78.3 Å². The number of aliphatic hydroxyl groups is 5. The van der Waals surface area contributed by atoms with Crippen molar-refractivity contribution < 1.29 is 78.2 Å². The van der Waals surface area contributed by atoms with Crippen molar-refractivity contribution in [1.29, 1.82) is 0 Å². The van der Waals surface area contributed by atoms with Gasteiger partial charge in [-0.3, -0.25) is 4.79 Å². The summed E-state index contributed by atoms with van der Waals surface area (Å²) in [6.45, 7) is 10.6. The molecular weight excluding hydrogens is 776 g/mol. The van der Waals surface area contributed by atoms with Gasteiger partial charge in [-0.05, 0) is 71.4 Å². The second-order valence-corrected chi connectivity index (χ2v) is 17.0. The summed E-state index contributed by atoms with van der Waals surface area (Å²) >= 11 is 0. The molecule has 0 aromatic heterocycles. The predicted molar refractivity (Wildman–Crippen MR) is 213 cm³/mol. The molecule has 346 valence electrons. The van der Waals surface area contributed by atoms with Crippen LogP contribution in [0.25, 0.3) is 0 Å². The molecule has 0 radical (unpaired) electrons. The second-order valence-electron chi connectivity index (χ2n) is 17.0. The predicted octanol–water partition coefficient (Wildman–Crippen LogP) is 1.52. The molecule has 6 N–H and O–H groups in total. The van der Waals surface area contributed by atoms with Crippen molar-refractivity contribution in [2.75, 3.05) is 49.1 Å². The molecule has 4 unspecified atom stereocenters. The molecule has 3 rings (SSSR count). The Bertz CT molecular complexity index is 1260. The topological polar surface area (TPSA) is 237 Å². The molecule has 3 saturated heterocycles. The zero-order chi connectivity index (χ0) is 44.3. The Kier molecular flexibility index (Phi) is 21.3. The molecule has 3 aliphatic rings. The van der Waals surface area contributed by atoms with Crippen LogP contribution in [0.2, 0.25) is 0 Å². The maximum Gasteiger partial charge on any atom is 0.308 e. The molecule has 0 spiro atoms. The van der Waals surface area contributed by atoms with Crippen LogP contribution in [0.5, 0.6) is 0 Å². The van der Waals surface area contributed by atoms with Crippen molar-refractivity contribution in [3.63, 3.8) is 0 Å². The molecule has 3 heterocycles. The lowest BCUT2D eigenvalue weighted by molar-refractivity contribution is -0.307. The van der Waals surface area contributed by atoms with E-state index in [9.17, 15) is 35.5 Å². The number of cyclic esters (lactones) is 1. The van der Waals surface area contributed by atoms with Gasteiger partial charge in [0, 0.05) is 46.7 Å². The second kappa shape index (κ2) is 24.3. The first-order valence-electron chi connectivity index (χ1n) is 21.0. The quantitative estimate of drug-likeness (QED) is 0.0667. The lowest BCUT2D eigenvalue weighted by Crippen LogP contribution is -2.63. The molecule has 0 aromatic carbocycles. The van der Waals surface area contributed by atoms with E-state index in [2.05, 4.69) is 5.16 Å². The molecule has 0 saturated carbocycles. The van der Waals surface area contributed by atoms with Gasteiger partial charge in [0.2, 0.25) is 0 Å². The zero-order valence-corrected chi connectivity index (χ0v) is 37.2. The van der Waals surface area contributed by atoms with Crippen LogP contribution in [-0.4, -0.2) is 189 Å². The standard InChI is InChI=1S/C41H76N2O16/c1-13-29-26(19-55-41-39(54-12)38(53-11)35(48)24(6)57-41)33(46)20(2)14-15-27(42-50)21(3)16-25(17-31(51-9)52-10)37(22(4)28(44)18-30(45)58-29)59-40-36(49)32(43(7)8)34(47)23(5)56-40/h20-26,28-29,31-41,44,46-50H,13-19H2,1-12H3/b42-27-/t20?,21-,22+,23-,24-,25-,26-,28-,29?,32+,33?,34-,35-,36-,37?,38-,39-,40+,41-/m1/s1. The highest BCUT2D eigenvalue weighted by Gasteiger charge is 2.49. The highest BCUT2D eigenvalue weighted by molar-refractivity contribution is 5.86. The fraction of sp³-hybridized carbons (Fsp3) is 0.951. The van der Waals surface area contributed by atoms with Gasteiger partial charge >= 0.3 is 5.97 Å². The summed E-state index contributed by atoms with van der Waals surface area (Å²) in [7, 11) is 9.39. The average Bonchev–Trinajstić information content (AvgIpc) is 3.20. The Morgan fingerprint density at radius 2 is 1.44 bits per heavy atom. The fourth-order valence-corrected chi connectivity index (χ4v) is 8.95. The zero-order valence-electron chi connectivity index (χ0n) is 37.2. The fourth-order valence-electron chi connectivity index (χ4n) is 8.95. The van der Waals surface area contributed by atoms with Gasteiger partial charge in [0.15, 0.2) is 18.9 Å². The molecule has 0 aromatic rings. The number of aliphatic hydroxyl groups excluding tert-OH is 5. The summed E-state index contributed by atoms with van der Waals surface area (Å²) in [5.41, 5.74) is 0.473. The molecule has 19 atom stereocenters. The molecule has 0 aliphatic carbocycles. The van der Waals surface area contributed by atoms with Gasteiger partial charge in [-0.25, -0.2) is 0 Å². The molecule has 18 heteroatoms. The first-order chi connectivity index (χ1) is 27.9.